The highest BCUT2D eigenvalue weighted by Crippen LogP contribution is 2.60. The van der Waals surface area contributed by atoms with Gasteiger partial charge in [-0.25, -0.2) is 4.90 Å². The number of anilines is 1. The van der Waals surface area contributed by atoms with E-state index in [4.69, 9.17) is 0 Å². The van der Waals surface area contributed by atoms with Crippen LogP contribution in [0.15, 0.2) is 91.0 Å². The lowest BCUT2D eigenvalue weighted by Gasteiger charge is -2.57. The first-order chi connectivity index (χ1) is 13.7. The number of carbonyl (C=O) groups excluding carboxylic acids is 3. The highest BCUT2D eigenvalue weighted by molar-refractivity contribution is 6.40. The van der Waals surface area contributed by atoms with Crippen molar-refractivity contribution in [3.63, 3.8) is 0 Å². The Kier molecular flexibility index (Phi) is 3.56. The summed E-state index contributed by atoms with van der Waals surface area (Å²) < 4.78 is 0. The van der Waals surface area contributed by atoms with Crippen molar-refractivity contribution in [2.75, 3.05) is 4.90 Å². The average Bonchev–Trinajstić information content (AvgIpc) is 2.74. The Morgan fingerprint density at radius 1 is 0.679 bits per heavy atom. The summed E-state index contributed by atoms with van der Waals surface area (Å²) in [6.45, 7) is 0. The van der Waals surface area contributed by atoms with Gasteiger partial charge in [-0.3, -0.25) is 14.4 Å². The zero-order valence-electron chi connectivity index (χ0n) is 15.0. The van der Waals surface area contributed by atoms with E-state index in [-0.39, 0.29) is 5.78 Å². The van der Waals surface area contributed by atoms with Gasteiger partial charge in [-0.2, -0.15) is 0 Å². The average molecular weight is 367 g/mol. The third-order valence-electron chi connectivity index (χ3n) is 5.90. The Hall–Kier alpha value is -3.53. The van der Waals surface area contributed by atoms with Gasteiger partial charge < -0.3 is 0 Å². The zero-order valence-corrected chi connectivity index (χ0v) is 15.0. The van der Waals surface area contributed by atoms with Gasteiger partial charge >= 0.3 is 0 Å². The molecular formula is C24H17NO3. The molecule has 1 saturated heterocycles. The van der Waals surface area contributed by atoms with Gasteiger partial charge in [0.05, 0.1) is 5.69 Å². The van der Waals surface area contributed by atoms with Crippen LogP contribution in [0.25, 0.3) is 0 Å². The van der Waals surface area contributed by atoms with Crippen LogP contribution >= 0.6 is 0 Å². The molecule has 3 atom stereocenters. The molecule has 1 saturated carbocycles. The van der Waals surface area contributed by atoms with Crippen LogP contribution in [0, 0.1) is 5.92 Å². The van der Waals surface area contributed by atoms with Crippen molar-refractivity contribution in [3.05, 3.63) is 102 Å². The summed E-state index contributed by atoms with van der Waals surface area (Å²) in [6.07, 6.45) is 0. The quantitative estimate of drug-likeness (QED) is 0.526. The van der Waals surface area contributed by atoms with E-state index in [0.717, 1.165) is 5.56 Å². The highest BCUT2D eigenvalue weighted by Gasteiger charge is 2.75. The van der Waals surface area contributed by atoms with E-state index in [9.17, 15) is 14.4 Å². The van der Waals surface area contributed by atoms with Crippen LogP contribution in [0.3, 0.4) is 0 Å². The minimum atomic E-state index is -1.36. The van der Waals surface area contributed by atoms with Crippen LogP contribution in [0.5, 0.6) is 0 Å². The van der Waals surface area contributed by atoms with Crippen molar-refractivity contribution in [1.82, 2.24) is 0 Å². The van der Waals surface area contributed by atoms with E-state index in [1.165, 1.54) is 4.90 Å². The molecule has 0 radical (unpaired) electrons. The number of fused-ring (bicyclic) bond motifs is 2. The molecule has 136 valence electrons. The third-order valence-corrected chi connectivity index (χ3v) is 5.90. The zero-order chi connectivity index (χ0) is 19.3. The van der Waals surface area contributed by atoms with E-state index in [2.05, 4.69) is 0 Å². The maximum absolute atomic E-state index is 13.8. The molecule has 2 fully saturated rings. The van der Waals surface area contributed by atoms with Crippen molar-refractivity contribution in [1.29, 1.82) is 0 Å². The molecule has 3 aromatic rings. The van der Waals surface area contributed by atoms with Crippen LogP contribution in [0.4, 0.5) is 5.69 Å². The Bertz CT molecular complexity index is 1070. The Morgan fingerprint density at radius 3 is 1.82 bits per heavy atom. The summed E-state index contributed by atoms with van der Waals surface area (Å²) in [5.74, 6) is -2.53. The molecule has 0 spiro atoms. The van der Waals surface area contributed by atoms with Gasteiger partial charge in [0.25, 0.3) is 5.91 Å². The van der Waals surface area contributed by atoms with Crippen molar-refractivity contribution in [2.45, 2.75) is 11.3 Å². The molecule has 0 N–H and O–H groups in total. The van der Waals surface area contributed by atoms with Crippen LogP contribution in [-0.2, 0) is 19.8 Å². The van der Waals surface area contributed by atoms with Gasteiger partial charge in [-0.05, 0) is 23.3 Å². The SMILES string of the molecule is O=C1[C@@H]2C(=O)[C@](c3ccccc3)(C(=O)N1c1ccccc1)C2c1ccccc1. The first-order valence-corrected chi connectivity index (χ1v) is 9.25. The van der Waals surface area contributed by atoms with Gasteiger partial charge in [-0.1, -0.05) is 78.9 Å². The molecule has 28 heavy (non-hydrogen) atoms. The van der Waals surface area contributed by atoms with E-state index >= 15 is 0 Å². The predicted octanol–water partition coefficient (Wildman–Crippen LogP) is 3.48. The minimum absolute atomic E-state index is 0.297. The van der Waals surface area contributed by atoms with Crippen LogP contribution in [0.2, 0.25) is 0 Å². The van der Waals surface area contributed by atoms with Gasteiger partial charge in [0.15, 0.2) is 5.78 Å². The van der Waals surface area contributed by atoms with E-state index in [0.29, 0.717) is 11.3 Å². The first-order valence-electron chi connectivity index (χ1n) is 9.25. The van der Waals surface area contributed by atoms with E-state index in [1.807, 2.05) is 54.6 Å². The lowest BCUT2D eigenvalue weighted by atomic mass is 9.45. The second-order valence-electron chi connectivity index (χ2n) is 7.22. The van der Waals surface area contributed by atoms with Gasteiger partial charge in [0, 0.05) is 5.92 Å². The monoisotopic (exact) mass is 367 g/mol. The number of Topliss-reactive ketones (excluding diaryl/α,β-unsaturated/α-hetero) is 1. The van der Waals surface area contributed by atoms with Crippen molar-refractivity contribution in [2.24, 2.45) is 5.92 Å². The number of ketones is 1. The molecule has 2 aliphatic rings. The maximum atomic E-state index is 13.8. The summed E-state index contributed by atoms with van der Waals surface area (Å²) in [7, 11) is 0. The number of imide groups is 1. The topological polar surface area (TPSA) is 54.5 Å². The largest absolute Gasteiger partial charge is 0.297 e. The summed E-state index contributed by atoms with van der Waals surface area (Å²) in [6, 6.07) is 27.4. The predicted molar refractivity (Wildman–Crippen MR) is 105 cm³/mol. The van der Waals surface area contributed by atoms with Gasteiger partial charge in [0.1, 0.15) is 11.3 Å². The fraction of sp³-hybridized carbons (Fsp3) is 0.125. The lowest BCUT2D eigenvalue weighted by molar-refractivity contribution is -0.161. The number of hydrogen-bond acceptors (Lipinski definition) is 3. The van der Waals surface area contributed by atoms with Crippen molar-refractivity contribution < 1.29 is 14.4 Å². The standard InChI is InChI=1S/C24H17NO3/c26-21-19-20(16-10-4-1-5-11-16)24(21,17-12-6-2-7-13-17)23(28)25(22(19)27)18-14-8-3-9-15-18/h1-15,19-20H/t19-,20?,24+/m0/s1. The Labute approximate surface area is 162 Å². The molecule has 1 aliphatic carbocycles. The molecule has 5 rings (SSSR count). The number of piperidine rings is 2. The second-order valence-corrected chi connectivity index (χ2v) is 7.22. The molecule has 1 unspecified atom stereocenters. The normalized spacial score (nSPS) is 26.1. The number of nitrogens with zero attached hydrogens (tertiary/aromatic N) is 1. The smallest absolute Gasteiger partial charge is 0.252 e. The highest BCUT2D eigenvalue weighted by atomic mass is 16.2. The van der Waals surface area contributed by atoms with Crippen LogP contribution < -0.4 is 4.90 Å². The lowest BCUT2D eigenvalue weighted by Crippen LogP contribution is -2.76. The van der Waals surface area contributed by atoms with Crippen LogP contribution in [0.1, 0.15) is 17.0 Å². The third kappa shape index (κ3) is 1.97. The van der Waals surface area contributed by atoms with E-state index in [1.54, 1.807) is 36.4 Å². The first kappa shape index (κ1) is 16.6. The fourth-order valence-corrected chi connectivity index (χ4v) is 4.68. The Balaban J connectivity index is 1.74. The molecule has 3 aromatic carbocycles. The summed E-state index contributed by atoms with van der Waals surface area (Å²) in [5.41, 5.74) is 0.618. The Morgan fingerprint density at radius 2 is 1.21 bits per heavy atom. The molecule has 2 amide bonds. The number of amides is 2. The van der Waals surface area contributed by atoms with Crippen molar-refractivity contribution in [3.8, 4) is 0 Å². The molecule has 0 aromatic heterocycles. The van der Waals surface area contributed by atoms with Crippen LogP contribution in [-0.4, -0.2) is 17.6 Å². The molecule has 4 heteroatoms. The molecule has 2 bridgehead atoms. The number of carbonyl (C=O) groups is 3. The summed E-state index contributed by atoms with van der Waals surface area (Å²) in [4.78, 5) is 41.5. The second kappa shape index (κ2) is 5.99. The van der Waals surface area contributed by atoms with Gasteiger partial charge in [-0.15, -0.1) is 0 Å². The maximum Gasteiger partial charge on any atom is 0.252 e. The number of hydrogen-bond donors (Lipinski definition) is 0. The van der Waals surface area contributed by atoms with Gasteiger partial charge in [0.2, 0.25) is 5.91 Å². The number of benzene rings is 3. The van der Waals surface area contributed by atoms with Crippen molar-refractivity contribution >= 4 is 23.3 Å². The number of rotatable bonds is 3. The summed E-state index contributed by atoms with van der Waals surface area (Å²) in [5, 5.41) is 0. The molecule has 1 aliphatic heterocycles. The minimum Gasteiger partial charge on any atom is -0.297 e. The number of para-hydroxylation sites is 1. The van der Waals surface area contributed by atoms with E-state index < -0.39 is 29.1 Å². The molecular weight excluding hydrogens is 350 g/mol. The molecule has 4 nitrogen and oxygen atoms in total. The summed E-state index contributed by atoms with van der Waals surface area (Å²) >= 11 is 0. The molecule has 1 heterocycles. The fourth-order valence-electron chi connectivity index (χ4n) is 4.68.